The molecule has 35 heavy (non-hydrogen) atoms. The van der Waals surface area contributed by atoms with Gasteiger partial charge >= 0.3 is 0 Å². The molecular weight excluding hydrogens is 471 g/mol. The molecule has 0 spiro atoms. The fourth-order valence-electron chi connectivity index (χ4n) is 4.02. The zero-order chi connectivity index (χ0) is 24.5. The maximum absolute atomic E-state index is 13.9. The fourth-order valence-corrected chi connectivity index (χ4v) is 4.23. The van der Waals surface area contributed by atoms with E-state index in [0.29, 0.717) is 10.7 Å². The highest BCUT2D eigenvalue weighted by Crippen LogP contribution is 2.30. The van der Waals surface area contributed by atoms with Crippen LogP contribution in [0.15, 0.2) is 79.3 Å². The Labute approximate surface area is 204 Å². The van der Waals surface area contributed by atoms with Crippen molar-refractivity contribution in [2.75, 3.05) is 16.3 Å². The number of aromatic amines is 1. The highest BCUT2D eigenvalue weighted by Gasteiger charge is 2.38. The van der Waals surface area contributed by atoms with Gasteiger partial charge in [0.2, 0.25) is 5.91 Å². The molecule has 7 nitrogen and oxygen atoms in total. The second-order valence-electron chi connectivity index (χ2n) is 8.00. The van der Waals surface area contributed by atoms with E-state index in [-0.39, 0.29) is 17.8 Å². The van der Waals surface area contributed by atoms with Gasteiger partial charge in [0, 0.05) is 10.7 Å². The van der Waals surface area contributed by atoms with E-state index in [1.54, 1.807) is 42.9 Å². The molecule has 3 aromatic carbocycles. The number of rotatable bonds is 6. The number of aromatic nitrogens is 2. The van der Waals surface area contributed by atoms with Crippen molar-refractivity contribution in [1.29, 1.82) is 0 Å². The van der Waals surface area contributed by atoms with Gasteiger partial charge in [-0.2, -0.15) is 0 Å². The van der Waals surface area contributed by atoms with Gasteiger partial charge in [0.05, 0.1) is 36.0 Å². The summed E-state index contributed by atoms with van der Waals surface area (Å²) in [5.41, 5.74) is 3.23. The molecule has 0 fully saturated rings. The number of fused-ring (bicyclic) bond motifs is 1. The summed E-state index contributed by atoms with van der Waals surface area (Å²) in [6.45, 7) is -0.251. The lowest BCUT2D eigenvalue weighted by Gasteiger charge is -2.26. The van der Waals surface area contributed by atoms with Gasteiger partial charge in [-0.3, -0.25) is 19.3 Å². The van der Waals surface area contributed by atoms with E-state index in [9.17, 15) is 18.8 Å². The number of benzene rings is 3. The van der Waals surface area contributed by atoms with Crippen LogP contribution < -0.4 is 9.80 Å². The molecule has 1 aromatic heterocycles. The van der Waals surface area contributed by atoms with Crippen LogP contribution in [0.1, 0.15) is 15.9 Å². The van der Waals surface area contributed by atoms with E-state index in [0.717, 1.165) is 33.9 Å². The number of ketones is 1. The van der Waals surface area contributed by atoms with Crippen LogP contribution in [0.25, 0.3) is 11.3 Å². The third kappa shape index (κ3) is 4.43. The average Bonchev–Trinajstić information content (AvgIpc) is 3.47. The lowest BCUT2D eigenvalue weighted by Crippen LogP contribution is -2.42. The fraction of sp³-hybridized carbons (Fsp3) is 0.0769. The molecular formula is C26H18ClFN4O3. The normalized spacial score (nSPS) is 12.7. The smallest absolute Gasteiger partial charge is 0.299 e. The minimum Gasteiger partial charge on any atom is -0.345 e. The van der Waals surface area contributed by atoms with Crippen LogP contribution in [0.4, 0.5) is 15.8 Å². The molecule has 0 radical (unpaired) electrons. The minimum atomic E-state index is -0.865. The third-order valence-electron chi connectivity index (χ3n) is 5.75. The first kappa shape index (κ1) is 22.5. The number of nitrogens with one attached hydrogen (secondary N) is 1. The molecule has 9 heteroatoms. The molecule has 2 amide bonds. The quantitative estimate of drug-likeness (QED) is 0.401. The number of hydrogen-bond acceptors (Lipinski definition) is 4. The number of carbonyl (C=O) groups excluding carboxylic acids is 3. The predicted octanol–water partition coefficient (Wildman–Crippen LogP) is 4.63. The molecule has 0 aliphatic carbocycles. The van der Waals surface area contributed by atoms with E-state index in [1.807, 2.05) is 18.2 Å². The van der Waals surface area contributed by atoms with Gasteiger partial charge in [-0.25, -0.2) is 9.37 Å². The van der Waals surface area contributed by atoms with Crippen LogP contribution in [0.2, 0.25) is 5.02 Å². The van der Waals surface area contributed by atoms with Crippen LogP contribution in [-0.4, -0.2) is 34.1 Å². The predicted molar refractivity (Wildman–Crippen MR) is 130 cm³/mol. The summed E-state index contributed by atoms with van der Waals surface area (Å²) in [6, 6.07) is 17.8. The Balaban J connectivity index is 1.47. The number of amides is 2. The second kappa shape index (κ2) is 9.15. The summed E-state index contributed by atoms with van der Waals surface area (Å²) >= 11 is 6.14. The SMILES string of the molecule is O=C1C(=O)N(CC(=O)N(Cc2cccc(Cl)c2)c2ccc(-c3cnc[nH]3)cc2)c2cc(F)ccc21. The Morgan fingerprint density at radius 3 is 2.57 bits per heavy atom. The molecule has 1 aliphatic rings. The summed E-state index contributed by atoms with van der Waals surface area (Å²) in [5, 5.41) is 0.522. The highest BCUT2D eigenvalue weighted by atomic mass is 35.5. The first-order chi connectivity index (χ1) is 16.9. The molecule has 1 N–H and O–H groups in total. The van der Waals surface area contributed by atoms with Gasteiger partial charge in [-0.05, 0) is 53.6 Å². The van der Waals surface area contributed by atoms with E-state index in [1.165, 1.54) is 11.0 Å². The number of halogens is 2. The lowest BCUT2D eigenvalue weighted by atomic mass is 10.1. The van der Waals surface area contributed by atoms with Crippen molar-refractivity contribution in [3.63, 3.8) is 0 Å². The summed E-state index contributed by atoms with van der Waals surface area (Å²) < 4.78 is 13.9. The second-order valence-corrected chi connectivity index (χ2v) is 8.44. The minimum absolute atomic E-state index is 0.0782. The van der Waals surface area contributed by atoms with E-state index < -0.39 is 30.0 Å². The van der Waals surface area contributed by atoms with Crippen molar-refractivity contribution >= 4 is 40.6 Å². The zero-order valence-corrected chi connectivity index (χ0v) is 19.0. The molecule has 0 unspecified atom stereocenters. The largest absolute Gasteiger partial charge is 0.345 e. The topological polar surface area (TPSA) is 86.4 Å². The number of carbonyl (C=O) groups is 3. The van der Waals surface area contributed by atoms with Crippen molar-refractivity contribution in [3.05, 3.63) is 101 Å². The number of imidazole rings is 1. The molecule has 0 saturated heterocycles. The Bertz CT molecular complexity index is 1440. The zero-order valence-electron chi connectivity index (χ0n) is 18.2. The first-order valence-electron chi connectivity index (χ1n) is 10.7. The molecule has 0 saturated carbocycles. The van der Waals surface area contributed by atoms with E-state index in [2.05, 4.69) is 9.97 Å². The Kier molecular flexibility index (Phi) is 5.88. The van der Waals surface area contributed by atoms with E-state index in [4.69, 9.17) is 11.6 Å². The van der Waals surface area contributed by atoms with Crippen molar-refractivity contribution in [2.24, 2.45) is 0 Å². The van der Waals surface area contributed by atoms with Crippen LogP contribution in [0.3, 0.4) is 0 Å². The van der Waals surface area contributed by atoms with Gasteiger partial charge < -0.3 is 9.88 Å². The number of hydrogen-bond donors (Lipinski definition) is 1. The maximum Gasteiger partial charge on any atom is 0.299 e. The number of nitrogens with zero attached hydrogens (tertiary/aromatic N) is 3. The van der Waals surface area contributed by atoms with Crippen molar-refractivity contribution in [3.8, 4) is 11.3 Å². The van der Waals surface area contributed by atoms with Gasteiger partial charge in [-0.15, -0.1) is 0 Å². The van der Waals surface area contributed by atoms with Crippen LogP contribution in [0, 0.1) is 5.82 Å². The van der Waals surface area contributed by atoms with Gasteiger partial charge in [0.25, 0.3) is 11.7 Å². The van der Waals surface area contributed by atoms with Gasteiger partial charge in [0.1, 0.15) is 12.4 Å². The maximum atomic E-state index is 13.9. The molecule has 4 aromatic rings. The average molecular weight is 489 g/mol. The summed E-state index contributed by atoms with van der Waals surface area (Å²) in [4.78, 5) is 48.1. The van der Waals surface area contributed by atoms with Gasteiger partial charge in [0.15, 0.2) is 0 Å². The number of anilines is 2. The summed E-state index contributed by atoms with van der Waals surface area (Å²) in [7, 11) is 0. The molecule has 174 valence electrons. The Morgan fingerprint density at radius 1 is 1.06 bits per heavy atom. The van der Waals surface area contributed by atoms with Crippen molar-refractivity contribution < 1.29 is 18.8 Å². The van der Waals surface area contributed by atoms with E-state index >= 15 is 0 Å². The monoisotopic (exact) mass is 488 g/mol. The standard InChI is InChI=1S/C26H18ClFN4O3/c27-18-3-1-2-16(10-18)13-31(20-7-4-17(5-8-20)22-12-29-15-30-22)24(33)14-32-23-11-19(28)6-9-21(23)25(34)26(32)35/h1-12,15H,13-14H2,(H,29,30). The molecule has 0 atom stereocenters. The Morgan fingerprint density at radius 2 is 1.86 bits per heavy atom. The van der Waals surface area contributed by atoms with Crippen LogP contribution in [0.5, 0.6) is 0 Å². The number of Topliss-reactive ketones (excluding diaryl/α,β-unsaturated/α-hetero) is 1. The molecule has 2 heterocycles. The summed E-state index contributed by atoms with van der Waals surface area (Å²) in [6.07, 6.45) is 3.27. The van der Waals surface area contributed by atoms with Gasteiger partial charge in [-0.1, -0.05) is 35.9 Å². The Hall–Kier alpha value is -4.30. The third-order valence-corrected chi connectivity index (χ3v) is 5.98. The highest BCUT2D eigenvalue weighted by molar-refractivity contribution is 6.52. The molecule has 0 bridgehead atoms. The molecule has 5 rings (SSSR count). The summed E-state index contributed by atoms with van der Waals surface area (Å²) in [5.74, 6) is -2.68. The molecule has 1 aliphatic heterocycles. The van der Waals surface area contributed by atoms with Crippen LogP contribution in [-0.2, 0) is 16.1 Å². The number of H-pyrrole nitrogens is 1. The van der Waals surface area contributed by atoms with Crippen molar-refractivity contribution in [1.82, 2.24) is 9.97 Å². The first-order valence-corrected chi connectivity index (χ1v) is 11.1. The van der Waals surface area contributed by atoms with Crippen LogP contribution >= 0.6 is 11.6 Å². The van der Waals surface area contributed by atoms with Crippen molar-refractivity contribution in [2.45, 2.75) is 6.54 Å². The lowest BCUT2D eigenvalue weighted by molar-refractivity contribution is -0.120.